The van der Waals surface area contributed by atoms with Crippen LogP contribution in [-0.4, -0.2) is 11.1 Å². The molecule has 76 valence electrons. The van der Waals surface area contributed by atoms with Gasteiger partial charge in [0.2, 0.25) is 0 Å². The maximum absolute atomic E-state index is 12.8. The fraction of sp³-hybridized carbons (Fsp3) is 0.364. The van der Waals surface area contributed by atoms with Gasteiger partial charge in [0.1, 0.15) is 6.17 Å². The highest BCUT2D eigenvalue weighted by molar-refractivity contribution is 5.67. The van der Waals surface area contributed by atoms with Crippen LogP contribution >= 0.6 is 0 Å². The van der Waals surface area contributed by atoms with Gasteiger partial charge in [0.15, 0.2) is 0 Å². The van der Waals surface area contributed by atoms with Crippen LogP contribution in [0.2, 0.25) is 0 Å². The van der Waals surface area contributed by atoms with Crippen LogP contribution in [0.15, 0.2) is 24.3 Å². The molecule has 1 N–H and O–H groups in total. The van der Waals surface area contributed by atoms with E-state index in [1.807, 2.05) is 0 Å². The van der Waals surface area contributed by atoms with Gasteiger partial charge in [-0.2, -0.15) is 0 Å². The average Bonchev–Trinajstić information content (AvgIpc) is 2.15. The number of hydrogen-bond acceptors (Lipinski definition) is 1. The molecule has 0 aromatic heterocycles. The van der Waals surface area contributed by atoms with Crippen molar-refractivity contribution in [2.75, 3.05) is 0 Å². The summed E-state index contributed by atoms with van der Waals surface area (Å²) in [6.07, 6.45) is -0.357. The molecule has 2 nitrogen and oxygen atoms in total. The van der Waals surface area contributed by atoms with E-state index in [9.17, 15) is 9.18 Å². The molecule has 0 spiro atoms. The maximum atomic E-state index is 12.8. The van der Waals surface area contributed by atoms with Crippen molar-refractivity contribution in [2.24, 2.45) is 0 Å². The number of rotatable bonds is 4. The number of hydrogen-bond donors (Lipinski definition) is 1. The van der Waals surface area contributed by atoms with Crippen molar-refractivity contribution in [2.45, 2.75) is 25.9 Å². The number of aliphatic carboxylic acids is 1. The first kappa shape index (κ1) is 10.7. The van der Waals surface area contributed by atoms with E-state index in [1.54, 1.807) is 24.3 Å². The predicted molar refractivity (Wildman–Crippen MR) is 51.9 cm³/mol. The van der Waals surface area contributed by atoms with Crippen molar-refractivity contribution in [1.82, 2.24) is 0 Å². The molecule has 0 aliphatic heterocycles. The third kappa shape index (κ3) is 3.17. The molecule has 14 heavy (non-hydrogen) atoms. The molecular formula is C11H13FO2. The first-order valence-electron chi connectivity index (χ1n) is 4.54. The van der Waals surface area contributed by atoms with Crippen molar-refractivity contribution in [1.29, 1.82) is 0 Å². The van der Waals surface area contributed by atoms with Crippen LogP contribution in [0.1, 0.15) is 30.6 Å². The van der Waals surface area contributed by atoms with Gasteiger partial charge in [-0.3, -0.25) is 4.79 Å². The number of alkyl halides is 1. The van der Waals surface area contributed by atoms with Crippen molar-refractivity contribution < 1.29 is 14.3 Å². The standard InChI is InChI=1S/C11H13FO2/c1-8(12)10-5-2-9(3-6-10)4-7-11(13)14/h2-3,5-6,8H,4,7H2,1H3,(H,13,14)/t8-/m0/s1. The Bertz CT molecular complexity index is 304. The van der Waals surface area contributed by atoms with E-state index in [0.717, 1.165) is 5.56 Å². The Hall–Kier alpha value is -1.38. The van der Waals surface area contributed by atoms with E-state index >= 15 is 0 Å². The average molecular weight is 196 g/mol. The van der Waals surface area contributed by atoms with Gasteiger partial charge in [0, 0.05) is 6.42 Å². The first-order valence-corrected chi connectivity index (χ1v) is 4.54. The molecule has 1 aromatic rings. The highest BCUT2D eigenvalue weighted by Gasteiger charge is 2.03. The van der Waals surface area contributed by atoms with E-state index in [1.165, 1.54) is 6.92 Å². The summed E-state index contributed by atoms with van der Waals surface area (Å²) in [4.78, 5) is 10.3. The zero-order chi connectivity index (χ0) is 10.6. The monoisotopic (exact) mass is 196 g/mol. The van der Waals surface area contributed by atoms with Crippen LogP contribution in [0.4, 0.5) is 4.39 Å². The maximum Gasteiger partial charge on any atom is 0.303 e. The molecule has 3 heteroatoms. The summed E-state index contributed by atoms with van der Waals surface area (Å²) in [5, 5.41) is 8.46. The van der Waals surface area contributed by atoms with E-state index in [0.29, 0.717) is 12.0 Å². The van der Waals surface area contributed by atoms with Crippen LogP contribution < -0.4 is 0 Å². The predicted octanol–water partition coefficient (Wildman–Crippen LogP) is 2.73. The molecule has 0 bridgehead atoms. The molecule has 0 aliphatic carbocycles. The Morgan fingerprint density at radius 1 is 1.43 bits per heavy atom. The summed E-state index contributed by atoms with van der Waals surface area (Å²) < 4.78 is 12.8. The summed E-state index contributed by atoms with van der Waals surface area (Å²) in [6.45, 7) is 1.48. The topological polar surface area (TPSA) is 37.3 Å². The van der Waals surface area contributed by atoms with Gasteiger partial charge in [-0.25, -0.2) is 4.39 Å². The molecule has 1 rings (SSSR count). The zero-order valence-corrected chi connectivity index (χ0v) is 8.03. The normalized spacial score (nSPS) is 12.4. The van der Waals surface area contributed by atoms with E-state index in [2.05, 4.69) is 0 Å². The molecule has 0 amide bonds. The molecule has 0 radical (unpaired) electrons. The van der Waals surface area contributed by atoms with Gasteiger partial charge in [-0.05, 0) is 24.5 Å². The molecular weight excluding hydrogens is 183 g/mol. The third-order valence-corrected chi connectivity index (χ3v) is 2.07. The minimum atomic E-state index is -0.969. The number of aryl methyl sites for hydroxylation is 1. The minimum Gasteiger partial charge on any atom is -0.481 e. The second-order valence-corrected chi connectivity index (χ2v) is 3.25. The lowest BCUT2D eigenvalue weighted by Crippen LogP contribution is -1.97. The number of carboxylic acid groups (broad SMARTS) is 1. The number of carboxylic acids is 1. The Kier molecular flexibility index (Phi) is 3.63. The van der Waals surface area contributed by atoms with Crippen molar-refractivity contribution >= 4 is 5.97 Å². The SMILES string of the molecule is C[C@H](F)c1ccc(CCC(=O)O)cc1. The van der Waals surface area contributed by atoms with Gasteiger partial charge in [-0.1, -0.05) is 24.3 Å². The second kappa shape index (κ2) is 4.74. The van der Waals surface area contributed by atoms with Gasteiger partial charge < -0.3 is 5.11 Å². The molecule has 0 heterocycles. The molecule has 0 saturated heterocycles. The van der Waals surface area contributed by atoms with Gasteiger partial charge in [0.05, 0.1) is 0 Å². The van der Waals surface area contributed by atoms with Crippen LogP contribution in [0, 0.1) is 0 Å². The highest BCUT2D eigenvalue weighted by atomic mass is 19.1. The fourth-order valence-corrected chi connectivity index (χ4v) is 1.20. The number of carbonyl (C=O) groups is 1. The van der Waals surface area contributed by atoms with E-state index in [4.69, 9.17) is 5.11 Å². The first-order chi connectivity index (χ1) is 6.59. The van der Waals surface area contributed by atoms with Crippen LogP contribution in [-0.2, 0) is 11.2 Å². The Morgan fingerprint density at radius 2 is 2.00 bits per heavy atom. The van der Waals surface area contributed by atoms with E-state index < -0.39 is 12.1 Å². The number of halogens is 1. The summed E-state index contributed by atoms with van der Waals surface area (Å²) >= 11 is 0. The van der Waals surface area contributed by atoms with Crippen molar-refractivity contribution in [3.05, 3.63) is 35.4 Å². The molecule has 0 saturated carbocycles. The lowest BCUT2D eigenvalue weighted by molar-refractivity contribution is -0.136. The third-order valence-electron chi connectivity index (χ3n) is 2.07. The van der Waals surface area contributed by atoms with Crippen LogP contribution in [0.25, 0.3) is 0 Å². The summed E-state index contributed by atoms with van der Waals surface area (Å²) in [5.74, 6) is -0.812. The highest BCUT2D eigenvalue weighted by Crippen LogP contribution is 2.17. The zero-order valence-electron chi connectivity index (χ0n) is 8.03. The van der Waals surface area contributed by atoms with Crippen molar-refractivity contribution in [3.8, 4) is 0 Å². The number of benzene rings is 1. The smallest absolute Gasteiger partial charge is 0.303 e. The molecule has 0 unspecified atom stereocenters. The fourth-order valence-electron chi connectivity index (χ4n) is 1.20. The molecule has 0 aliphatic rings. The Morgan fingerprint density at radius 3 is 2.43 bits per heavy atom. The Labute approximate surface area is 82.4 Å². The lowest BCUT2D eigenvalue weighted by Gasteiger charge is -2.03. The largest absolute Gasteiger partial charge is 0.481 e. The Balaban J connectivity index is 2.59. The van der Waals surface area contributed by atoms with Gasteiger partial charge in [0.25, 0.3) is 0 Å². The van der Waals surface area contributed by atoms with Gasteiger partial charge >= 0.3 is 5.97 Å². The summed E-state index contributed by atoms with van der Waals surface area (Å²) in [6, 6.07) is 6.94. The van der Waals surface area contributed by atoms with Gasteiger partial charge in [-0.15, -0.1) is 0 Å². The molecule has 1 atom stereocenters. The minimum absolute atomic E-state index is 0.116. The molecule has 1 aromatic carbocycles. The van der Waals surface area contributed by atoms with Crippen molar-refractivity contribution in [3.63, 3.8) is 0 Å². The lowest BCUT2D eigenvalue weighted by atomic mass is 10.1. The summed E-state index contributed by atoms with van der Waals surface area (Å²) in [5.41, 5.74) is 1.56. The summed E-state index contributed by atoms with van der Waals surface area (Å²) in [7, 11) is 0. The molecule has 0 fully saturated rings. The van der Waals surface area contributed by atoms with Crippen LogP contribution in [0.5, 0.6) is 0 Å². The quantitative estimate of drug-likeness (QED) is 0.803. The second-order valence-electron chi connectivity index (χ2n) is 3.25. The van der Waals surface area contributed by atoms with E-state index in [-0.39, 0.29) is 6.42 Å². The van der Waals surface area contributed by atoms with Crippen LogP contribution in [0.3, 0.4) is 0 Å².